The summed E-state index contributed by atoms with van der Waals surface area (Å²) in [5.74, 6) is -0.845. The molecule has 0 aliphatic heterocycles. The molecule has 1 fully saturated rings. The van der Waals surface area contributed by atoms with Crippen LogP contribution < -0.4 is 4.74 Å². The Morgan fingerprint density at radius 1 is 1.19 bits per heavy atom. The Balaban J connectivity index is 1.42. The van der Waals surface area contributed by atoms with E-state index < -0.39 is 17.7 Å². The molecule has 166 valence electrons. The molecule has 4 heterocycles. The van der Waals surface area contributed by atoms with Gasteiger partial charge in [0.15, 0.2) is 22.9 Å². The van der Waals surface area contributed by atoms with Gasteiger partial charge in [0.25, 0.3) is 0 Å². The van der Waals surface area contributed by atoms with Crippen molar-refractivity contribution < 1.29 is 22.3 Å². The maximum atomic E-state index is 14.8. The molecule has 0 aromatic carbocycles. The number of hydrogen-bond donors (Lipinski definition) is 0. The van der Waals surface area contributed by atoms with E-state index in [9.17, 15) is 17.6 Å². The number of halogens is 5. The monoisotopic (exact) mass is 467 g/mol. The minimum absolute atomic E-state index is 0.0347. The molecule has 32 heavy (non-hydrogen) atoms. The molecule has 5 rings (SSSR count). The summed E-state index contributed by atoms with van der Waals surface area (Å²) >= 11 is 5.91. The molecule has 1 aliphatic rings. The van der Waals surface area contributed by atoms with Crippen molar-refractivity contribution in [3.8, 4) is 17.4 Å². The van der Waals surface area contributed by atoms with Crippen LogP contribution in [0, 0.1) is 5.82 Å². The van der Waals surface area contributed by atoms with Crippen LogP contribution in [0.5, 0.6) is 5.88 Å². The summed E-state index contributed by atoms with van der Waals surface area (Å²) < 4.78 is 62.7. The molecule has 0 unspecified atom stereocenters. The molecule has 4 aromatic rings. The first-order valence-corrected chi connectivity index (χ1v) is 9.87. The first-order chi connectivity index (χ1) is 15.2. The molecule has 0 radical (unpaired) electrons. The third-order valence-corrected chi connectivity index (χ3v) is 5.04. The first kappa shape index (κ1) is 20.6. The molecule has 0 N–H and O–H groups in total. The fraction of sp³-hybridized carbons (Fsp3) is 0.316. The van der Waals surface area contributed by atoms with E-state index in [4.69, 9.17) is 16.3 Å². The van der Waals surface area contributed by atoms with E-state index in [-0.39, 0.29) is 35.3 Å². The molecular formula is C19H14ClF4N7O. The summed E-state index contributed by atoms with van der Waals surface area (Å²) in [6.07, 6.45) is 0.644. The number of pyridine rings is 1. The second-order valence-corrected chi connectivity index (χ2v) is 7.72. The second kappa shape index (κ2) is 7.40. The van der Waals surface area contributed by atoms with Crippen molar-refractivity contribution in [1.29, 1.82) is 0 Å². The van der Waals surface area contributed by atoms with Crippen LogP contribution in [0.1, 0.15) is 30.1 Å². The first-order valence-electron chi connectivity index (χ1n) is 9.49. The maximum Gasteiger partial charge on any atom is 0.434 e. The van der Waals surface area contributed by atoms with Crippen molar-refractivity contribution >= 4 is 22.6 Å². The molecular weight excluding hydrogens is 454 g/mol. The van der Waals surface area contributed by atoms with Crippen LogP contribution in [-0.4, -0.2) is 34.3 Å². The van der Waals surface area contributed by atoms with Crippen LogP contribution in [0.15, 0.2) is 24.7 Å². The lowest BCUT2D eigenvalue weighted by molar-refractivity contribution is -0.140. The number of alkyl halides is 3. The Labute approximate surface area is 182 Å². The highest BCUT2D eigenvalue weighted by Gasteiger charge is 2.38. The number of nitrogens with zero attached hydrogens (tertiary/aromatic N) is 7. The van der Waals surface area contributed by atoms with Crippen molar-refractivity contribution in [1.82, 2.24) is 34.3 Å². The fourth-order valence-electron chi connectivity index (χ4n) is 3.28. The van der Waals surface area contributed by atoms with E-state index in [0.29, 0.717) is 29.4 Å². The Bertz CT molecular complexity index is 1330. The number of aromatic nitrogens is 7. The standard InChI is InChI=1S/C19H14ClF4N7O/c1-30-6-12-15(29-30)17(28-18(20)26-12)32-8-9-4-11(21)14(25-5-9)16-27-13(19(22,23)24)7-31(16)10-2-3-10/h4-7,10H,2-3,8H2,1H3. The highest BCUT2D eigenvalue weighted by molar-refractivity contribution is 6.28. The van der Waals surface area contributed by atoms with Gasteiger partial charge in [0.2, 0.25) is 11.2 Å². The van der Waals surface area contributed by atoms with Crippen molar-refractivity contribution in [2.75, 3.05) is 0 Å². The molecule has 1 aliphatic carbocycles. The van der Waals surface area contributed by atoms with Gasteiger partial charge in [0.05, 0.1) is 6.20 Å². The Kier molecular flexibility index (Phi) is 4.77. The SMILES string of the molecule is Cn1cc2nc(Cl)nc(OCc3cnc(-c4nc(C(F)(F)F)cn4C4CC4)c(F)c3)c2n1. The zero-order chi connectivity index (χ0) is 22.6. The Morgan fingerprint density at radius 2 is 1.97 bits per heavy atom. The second-order valence-electron chi connectivity index (χ2n) is 7.38. The quantitative estimate of drug-likeness (QED) is 0.320. The van der Waals surface area contributed by atoms with Gasteiger partial charge in [-0.05, 0) is 30.5 Å². The van der Waals surface area contributed by atoms with Crippen LogP contribution in [0.3, 0.4) is 0 Å². The topological polar surface area (TPSA) is 83.5 Å². The third-order valence-electron chi connectivity index (χ3n) is 4.87. The zero-order valence-electron chi connectivity index (χ0n) is 16.4. The van der Waals surface area contributed by atoms with Gasteiger partial charge in [0.1, 0.15) is 17.8 Å². The number of rotatable bonds is 5. The van der Waals surface area contributed by atoms with Gasteiger partial charge in [-0.1, -0.05) is 0 Å². The van der Waals surface area contributed by atoms with E-state index in [2.05, 4.69) is 25.0 Å². The van der Waals surface area contributed by atoms with E-state index >= 15 is 0 Å². The number of hydrogen-bond acceptors (Lipinski definition) is 6. The molecule has 4 aromatic heterocycles. The van der Waals surface area contributed by atoms with Gasteiger partial charge in [-0.2, -0.15) is 23.3 Å². The van der Waals surface area contributed by atoms with Crippen LogP contribution in [0.4, 0.5) is 17.6 Å². The van der Waals surface area contributed by atoms with Gasteiger partial charge in [-0.3, -0.25) is 4.68 Å². The average molecular weight is 468 g/mol. The Morgan fingerprint density at radius 3 is 2.66 bits per heavy atom. The van der Waals surface area contributed by atoms with Gasteiger partial charge in [0, 0.05) is 31.0 Å². The predicted octanol–water partition coefficient (Wildman–Crippen LogP) is 4.35. The van der Waals surface area contributed by atoms with E-state index in [1.54, 1.807) is 13.2 Å². The molecule has 0 atom stereocenters. The normalized spacial score (nSPS) is 14.3. The van der Waals surface area contributed by atoms with Gasteiger partial charge < -0.3 is 9.30 Å². The van der Waals surface area contributed by atoms with Gasteiger partial charge in [-0.25, -0.2) is 19.3 Å². The highest BCUT2D eigenvalue weighted by Crippen LogP contribution is 2.41. The number of aryl methyl sites for hydroxylation is 1. The maximum absolute atomic E-state index is 14.8. The smallest absolute Gasteiger partial charge is 0.434 e. The van der Waals surface area contributed by atoms with E-state index in [1.165, 1.54) is 15.4 Å². The minimum atomic E-state index is -4.63. The molecule has 0 amide bonds. The van der Waals surface area contributed by atoms with Crippen molar-refractivity contribution in [2.24, 2.45) is 7.05 Å². The lowest BCUT2D eigenvalue weighted by Crippen LogP contribution is -2.05. The minimum Gasteiger partial charge on any atom is -0.471 e. The van der Waals surface area contributed by atoms with Crippen LogP contribution >= 0.6 is 11.6 Å². The Hall–Kier alpha value is -3.28. The lowest BCUT2D eigenvalue weighted by Gasteiger charge is -2.09. The van der Waals surface area contributed by atoms with E-state index in [1.807, 2.05) is 0 Å². The lowest BCUT2D eigenvalue weighted by atomic mass is 10.2. The van der Waals surface area contributed by atoms with Crippen molar-refractivity contribution in [3.63, 3.8) is 0 Å². The number of fused-ring (bicyclic) bond motifs is 1. The summed E-state index contributed by atoms with van der Waals surface area (Å²) in [5.41, 5.74) is -0.130. The molecule has 1 saturated carbocycles. The molecule has 0 spiro atoms. The van der Waals surface area contributed by atoms with Crippen LogP contribution in [-0.2, 0) is 19.8 Å². The van der Waals surface area contributed by atoms with Crippen LogP contribution in [0.25, 0.3) is 22.6 Å². The number of ether oxygens (including phenoxy) is 1. The van der Waals surface area contributed by atoms with Crippen LogP contribution in [0.2, 0.25) is 5.28 Å². The summed E-state index contributed by atoms with van der Waals surface area (Å²) in [6, 6.07) is 1.00. The van der Waals surface area contributed by atoms with Gasteiger partial charge >= 0.3 is 6.18 Å². The fourth-order valence-corrected chi connectivity index (χ4v) is 3.45. The molecule has 8 nitrogen and oxygen atoms in total. The molecule has 0 saturated heterocycles. The van der Waals surface area contributed by atoms with E-state index in [0.717, 1.165) is 12.3 Å². The third kappa shape index (κ3) is 3.85. The summed E-state index contributed by atoms with van der Waals surface area (Å²) in [4.78, 5) is 15.7. The molecule has 0 bridgehead atoms. The largest absolute Gasteiger partial charge is 0.471 e. The highest BCUT2D eigenvalue weighted by atomic mass is 35.5. The predicted molar refractivity (Wildman–Crippen MR) is 104 cm³/mol. The summed E-state index contributed by atoms with van der Waals surface area (Å²) in [5, 5.41) is 4.17. The van der Waals surface area contributed by atoms with Crippen molar-refractivity contribution in [3.05, 3.63) is 47.0 Å². The summed E-state index contributed by atoms with van der Waals surface area (Å²) in [7, 11) is 1.70. The summed E-state index contributed by atoms with van der Waals surface area (Å²) in [6.45, 7) is -0.117. The molecule has 13 heteroatoms. The van der Waals surface area contributed by atoms with Crippen molar-refractivity contribution in [2.45, 2.75) is 31.7 Å². The zero-order valence-corrected chi connectivity index (χ0v) is 17.2. The van der Waals surface area contributed by atoms with Gasteiger partial charge in [-0.15, -0.1) is 0 Å². The number of imidazole rings is 1. The average Bonchev–Trinajstić information content (AvgIpc) is 3.34.